The van der Waals surface area contributed by atoms with Crippen LogP contribution in [0.25, 0.3) is 0 Å². The third kappa shape index (κ3) is 6.38. The molecule has 12 heteroatoms. The quantitative estimate of drug-likeness (QED) is 0.435. The van der Waals surface area contributed by atoms with Gasteiger partial charge in [0, 0.05) is 5.92 Å². The molecule has 0 bridgehead atoms. The maximum atomic E-state index is 12.1. The lowest BCUT2D eigenvalue weighted by atomic mass is 9.57. The van der Waals surface area contributed by atoms with Gasteiger partial charge in [-0.2, -0.15) is 10.1 Å². The molecule has 1 saturated carbocycles. The minimum atomic E-state index is -3.89. The van der Waals surface area contributed by atoms with E-state index in [1.165, 1.54) is 32.1 Å². The Hall–Kier alpha value is -2.34. The fourth-order valence-corrected chi connectivity index (χ4v) is 5.69. The molecule has 2 aromatic heterocycles. The van der Waals surface area contributed by atoms with Crippen molar-refractivity contribution in [3.05, 3.63) is 18.0 Å². The zero-order valence-corrected chi connectivity index (χ0v) is 20.3. The van der Waals surface area contributed by atoms with Gasteiger partial charge in [0.1, 0.15) is 6.33 Å². The maximum Gasteiger partial charge on any atom is 0.304 e. The van der Waals surface area contributed by atoms with E-state index in [-0.39, 0.29) is 40.7 Å². The number of carboxylic acid groups (broad SMARTS) is 1. The van der Waals surface area contributed by atoms with Crippen LogP contribution in [0.2, 0.25) is 0 Å². The third-order valence-electron chi connectivity index (χ3n) is 6.93. The lowest BCUT2D eigenvalue weighted by Crippen LogP contribution is -2.37. The van der Waals surface area contributed by atoms with Crippen molar-refractivity contribution in [3.63, 3.8) is 0 Å². The summed E-state index contributed by atoms with van der Waals surface area (Å²) in [4.78, 5) is 19.3. The van der Waals surface area contributed by atoms with E-state index >= 15 is 0 Å². The van der Waals surface area contributed by atoms with E-state index in [1.54, 1.807) is 0 Å². The van der Waals surface area contributed by atoms with Crippen molar-refractivity contribution in [2.45, 2.75) is 96.2 Å². The molecule has 0 saturated heterocycles. The summed E-state index contributed by atoms with van der Waals surface area (Å²) in [6.07, 6.45) is 9.67. The van der Waals surface area contributed by atoms with Crippen molar-refractivity contribution >= 4 is 16.0 Å². The second kappa shape index (κ2) is 10.3. The summed E-state index contributed by atoms with van der Waals surface area (Å²) in [5.41, 5.74) is 0.450. The molecule has 11 nitrogen and oxygen atoms in total. The molecule has 33 heavy (non-hydrogen) atoms. The molecule has 0 spiro atoms. The highest BCUT2D eigenvalue weighted by Crippen LogP contribution is 2.53. The lowest BCUT2D eigenvalue weighted by molar-refractivity contribution is -0.137. The molecule has 2 aromatic rings. The summed E-state index contributed by atoms with van der Waals surface area (Å²) < 4.78 is 31.9. The number of carbonyl (C=O) groups is 1. The van der Waals surface area contributed by atoms with E-state index in [0.717, 1.165) is 19.2 Å². The molecule has 0 amide bonds. The Bertz CT molecular complexity index is 1010. The zero-order valence-electron chi connectivity index (χ0n) is 19.5. The van der Waals surface area contributed by atoms with Crippen molar-refractivity contribution in [2.24, 2.45) is 10.8 Å². The third-order valence-corrected chi connectivity index (χ3v) is 8.16. The molecule has 1 fully saturated rings. The molecule has 0 unspecified atom stereocenters. The Kier molecular flexibility index (Phi) is 7.88. The van der Waals surface area contributed by atoms with Gasteiger partial charge in [-0.3, -0.25) is 4.79 Å². The van der Waals surface area contributed by atoms with Crippen LogP contribution in [0.4, 0.5) is 0 Å². The first kappa shape index (κ1) is 25.3. The van der Waals surface area contributed by atoms with E-state index in [0.29, 0.717) is 6.42 Å². The van der Waals surface area contributed by atoms with Gasteiger partial charge < -0.3 is 9.63 Å². The van der Waals surface area contributed by atoms with Crippen LogP contribution in [-0.4, -0.2) is 44.8 Å². The van der Waals surface area contributed by atoms with Gasteiger partial charge in [-0.25, -0.2) is 23.2 Å². The number of hydrogen-bond donors (Lipinski definition) is 3. The fraction of sp³-hybridized carbons (Fsp3) is 0.762. The van der Waals surface area contributed by atoms with Crippen molar-refractivity contribution < 1.29 is 22.8 Å². The summed E-state index contributed by atoms with van der Waals surface area (Å²) in [5.74, 6) is -1.01. The average molecular weight is 483 g/mol. The van der Waals surface area contributed by atoms with Crippen LogP contribution >= 0.6 is 0 Å². The number of rotatable bonds is 11. The number of aliphatic carboxylic acids is 1. The number of carboxylic acids is 1. The summed E-state index contributed by atoms with van der Waals surface area (Å²) in [6.45, 7) is 6.70. The Balaban J connectivity index is 1.63. The topological polar surface area (TPSA) is 164 Å². The van der Waals surface area contributed by atoms with Gasteiger partial charge in [-0.1, -0.05) is 51.6 Å². The Morgan fingerprint density at radius 3 is 2.64 bits per heavy atom. The number of nitrogens with zero attached hydrogens (tertiary/aromatic N) is 4. The second-order valence-electron chi connectivity index (χ2n) is 9.94. The van der Waals surface area contributed by atoms with Crippen molar-refractivity contribution in [1.82, 2.24) is 30.0 Å². The van der Waals surface area contributed by atoms with Crippen LogP contribution in [-0.2, 0) is 21.4 Å². The monoisotopic (exact) mass is 482 g/mol. The minimum absolute atomic E-state index is 0.117. The first-order valence-corrected chi connectivity index (χ1v) is 12.9. The molecular formula is C21H34N6O5S. The molecule has 3 N–H and O–H groups in total. The zero-order chi connectivity index (χ0) is 24.1. The van der Waals surface area contributed by atoms with Gasteiger partial charge in [-0.15, -0.1) is 0 Å². The predicted octanol–water partition coefficient (Wildman–Crippen LogP) is 3.39. The minimum Gasteiger partial charge on any atom is -0.481 e. The predicted molar refractivity (Wildman–Crippen MR) is 119 cm³/mol. The Morgan fingerprint density at radius 1 is 1.30 bits per heavy atom. The molecule has 184 valence electrons. The number of aromatic amines is 1. The van der Waals surface area contributed by atoms with Crippen LogP contribution < -0.4 is 4.72 Å². The highest BCUT2D eigenvalue weighted by molar-refractivity contribution is 7.89. The fourth-order valence-electron chi connectivity index (χ4n) is 4.87. The number of hydrogen-bond acceptors (Lipinski definition) is 8. The largest absolute Gasteiger partial charge is 0.481 e. The van der Waals surface area contributed by atoms with E-state index in [1.807, 2.05) is 0 Å². The van der Waals surface area contributed by atoms with Gasteiger partial charge in [0.25, 0.3) is 15.2 Å². The van der Waals surface area contributed by atoms with Crippen LogP contribution in [0.15, 0.2) is 16.0 Å². The van der Waals surface area contributed by atoms with Crippen molar-refractivity contribution in [2.75, 3.05) is 0 Å². The molecule has 1 aliphatic carbocycles. The molecular weight excluding hydrogens is 448 g/mol. The number of H-pyrrole nitrogens is 1. The van der Waals surface area contributed by atoms with Crippen LogP contribution in [0.1, 0.15) is 96.2 Å². The molecule has 3 rings (SSSR count). The molecule has 1 atom stereocenters. The SMILES string of the molecule is CC(C)(C)C1(CCC[C@H](CC(=O)O)c2nc(CNS(=O)(=O)c3ncn[nH]3)no2)CCCCC1. The van der Waals surface area contributed by atoms with Gasteiger partial charge in [0.2, 0.25) is 5.89 Å². The molecule has 0 aromatic carbocycles. The highest BCUT2D eigenvalue weighted by atomic mass is 32.2. The summed E-state index contributed by atoms with van der Waals surface area (Å²) in [7, 11) is -3.89. The molecule has 0 radical (unpaired) electrons. The summed E-state index contributed by atoms with van der Waals surface area (Å²) in [6, 6.07) is 0. The standard InChI is InChI=1S/C21H34N6O5S/c1-20(2,3)21(9-5-4-6-10-21)11-7-8-15(12-17(28)29)18-25-16(27-32-18)13-24-33(30,31)19-22-14-23-26-19/h14-15,24H,4-13H2,1-3H3,(H,28,29)(H,22,23,26)/t15-/m1/s1. The van der Waals surface area contributed by atoms with Crippen LogP contribution in [0.5, 0.6) is 0 Å². The summed E-state index contributed by atoms with van der Waals surface area (Å²) in [5, 5.41) is 18.7. The first-order valence-electron chi connectivity index (χ1n) is 11.4. The Morgan fingerprint density at radius 2 is 2.03 bits per heavy atom. The van der Waals surface area contributed by atoms with Gasteiger partial charge >= 0.3 is 5.97 Å². The van der Waals surface area contributed by atoms with E-state index in [2.05, 4.69) is 50.8 Å². The molecule has 2 heterocycles. The maximum absolute atomic E-state index is 12.1. The smallest absolute Gasteiger partial charge is 0.304 e. The van der Waals surface area contributed by atoms with E-state index in [9.17, 15) is 18.3 Å². The average Bonchev–Trinajstić information content (AvgIpc) is 3.44. The van der Waals surface area contributed by atoms with Crippen molar-refractivity contribution in [1.29, 1.82) is 0 Å². The number of aromatic nitrogens is 5. The first-order chi connectivity index (χ1) is 15.5. The second-order valence-corrected chi connectivity index (χ2v) is 11.6. The van der Waals surface area contributed by atoms with Gasteiger partial charge in [-0.05, 0) is 36.5 Å². The molecule has 1 aliphatic rings. The number of nitrogens with one attached hydrogen (secondary N) is 2. The highest BCUT2D eigenvalue weighted by Gasteiger charge is 2.42. The van der Waals surface area contributed by atoms with Gasteiger partial charge in [0.15, 0.2) is 5.82 Å². The van der Waals surface area contributed by atoms with E-state index in [4.69, 9.17) is 4.52 Å². The Labute approximate surface area is 194 Å². The lowest BCUT2D eigenvalue weighted by Gasteiger charge is -2.48. The van der Waals surface area contributed by atoms with E-state index < -0.39 is 21.9 Å². The van der Waals surface area contributed by atoms with Crippen molar-refractivity contribution in [3.8, 4) is 0 Å². The summed E-state index contributed by atoms with van der Waals surface area (Å²) >= 11 is 0. The molecule has 0 aliphatic heterocycles. The number of sulfonamides is 1. The normalized spacial score (nSPS) is 17.7. The van der Waals surface area contributed by atoms with Gasteiger partial charge in [0.05, 0.1) is 13.0 Å². The van der Waals surface area contributed by atoms with Crippen LogP contribution in [0, 0.1) is 10.8 Å². The van der Waals surface area contributed by atoms with Crippen LogP contribution in [0.3, 0.4) is 0 Å².